The molecule has 0 saturated heterocycles. The highest BCUT2D eigenvalue weighted by Gasteiger charge is 2.14. The van der Waals surface area contributed by atoms with Crippen molar-refractivity contribution >= 4 is 28.5 Å². The van der Waals surface area contributed by atoms with Gasteiger partial charge in [-0.25, -0.2) is 9.97 Å². The Morgan fingerprint density at radius 2 is 2.13 bits per heavy atom. The third-order valence-electron chi connectivity index (χ3n) is 5.11. The first-order valence-corrected chi connectivity index (χ1v) is 10.3. The van der Waals surface area contributed by atoms with Crippen molar-refractivity contribution in [3.63, 3.8) is 0 Å². The molecular weight excluding hydrogens is 396 g/mol. The molecule has 0 fully saturated rings. The summed E-state index contributed by atoms with van der Waals surface area (Å²) in [4.78, 5) is 25.3. The zero-order chi connectivity index (χ0) is 22.2. The van der Waals surface area contributed by atoms with Crippen molar-refractivity contribution in [2.45, 2.75) is 25.8 Å². The van der Waals surface area contributed by atoms with Crippen LogP contribution in [0.4, 0.5) is 11.5 Å². The molecule has 9 heteroatoms. The molecule has 2 heterocycles. The number of nitrogens with one attached hydrogen (secondary N) is 3. The van der Waals surface area contributed by atoms with E-state index in [-0.39, 0.29) is 6.42 Å². The Balaban J connectivity index is 1.84. The van der Waals surface area contributed by atoms with Crippen LogP contribution in [0.5, 0.6) is 5.75 Å². The molecule has 166 valence electrons. The minimum atomic E-state index is -0.839. The highest BCUT2D eigenvalue weighted by atomic mass is 16.5. The number of aryl methyl sites for hydroxylation is 1. The first kappa shape index (κ1) is 22.5. The lowest BCUT2D eigenvalue weighted by Crippen LogP contribution is -2.22. The van der Waals surface area contributed by atoms with Crippen molar-refractivity contribution in [3.05, 3.63) is 41.9 Å². The van der Waals surface area contributed by atoms with E-state index in [0.717, 1.165) is 53.9 Å². The van der Waals surface area contributed by atoms with E-state index in [0.29, 0.717) is 18.0 Å². The molecule has 2 aromatic heterocycles. The van der Waals surface area contributed by atoms with Crippen LogP contribution in [0.1, 0.15) is 24.0 Å². The van der Waals surface area contributed by atoms with Gasteiger partial charge in [0.1, 0.15) is 23.5 Å². The van der Waals surface area contributed by atoms with Crippen molar-refractivity contribution in [2.75, 3.05) is 39.6 Å². The number of ether oxygens (including phenoxy) is 1. The normalized spacial score (nSPS) is 11.2. The van der Waals surface area contributed by atoms with Crippen LogP contribution in [0.3, 0.4) is 0 Å². The van der Waals surface area contributed by atoms with E-state index in [1.165, 1.54) is 6.33 Å². The van der Waals surface area contributed by atoms with Crippen molar-refractivity contribution in [2.24, 2.45) is 0 Å². The zero-order valence-corrected chi connectivity index (χ0v) is 18.2. The van der Waals surface area contributed by atoms with Crippen LogP contribution in [0.25, 0.3) is 11.0 Å². The second kappa shape index (κ2) is 10.7. The Morgan fingerprint density at radius 3 is 2.87 bits per heavy atom. The largest absolute Gasteiger partial charge is 0.496 e. The van der Waals surface area contributed by atoms with Gasteiger partial charge < -0.3 is 30.4 Å². The van der Waals surface area contributed by atoms with Gasteiger partial charge in [0.25, 0.3) is 0 Å². The maximum absolute atomic E-state index is 11.0. The Kier molecular flexibility index (Phi) is 7.80. The Labute approximate surface area is 181 Å². The smallest absolute Gasteiger partial charge is 0.303 e. The molecular formula is C22H30N6O3. The average Bonchev–Trinajstić information content (AvgIpc) is 3.16. The SMILES string of the molecule is CNCCCN(C)Cc1c[nH]c2ncnc(Nc3ccc(OC)c(CCC(=O)O)c3)c12. The van der Waals surface area contributed by atoms with Gasteiger partial charge in [0, 0.05) is 24.8 Å². The molecule has 3 rings (SSSR count). The predicted molar refractivity (Wildman–Crippen MR) is 121 cm³/mol. The van der Waals surface area contributed by atoms with Crippen LogP contribution in [-0.2, 0) is 17.8 Å². The lowest BCUT2D eigenvalue weighted by Gasteiger charge is -2.17. The van der Waals surface area contributed by atoms with E-state index < -0.39 is 5.97 Å². The molecule has 0 saturated carbocycles. The van der Waals surface area contributed by atoms with E-state index in [9.17, 15) is 4.79 Å². The van der Waals surface area contributed by atoms with Gasteiger partial charge in [-0.1, -0.05) is 0 Å². The summed E-state index contributed by atoms with van der Waals surface area (Å²) in [7, 11) is 5.64. The molecule has 0 aliphatic rings. The number of rotatable bonds is 12. The number of carboxylic acid groups (broad SMARTS) is 1. The van der Waals surface area contributed by atoms with Gasteiger partial charge in [-0.05, 0) is 69.4 Å². The van der Waals surface area contributed by atoms with Crippen LogP contribution < -0.4 is 15.4 Å². The Hall–Kier alpha value is -3.17. The molecule has 0 atom stereocenters. The van der Waals surface area contributed by atoms with Gasteiger partial charge in [0.05, 0.1) is 12.5 Å². The van der Waals surface area contributed by atoms with Crippen LogP contribution in [0, 0.1) is 0 Å². The van der Waals surface area contributed by atoms with E-state index >= 15 is 0 Å². The van der Waals surface area contributed by atoms with Crippen LogP contribution >= 0.6 is 0 Å². The Bertz CT molecular complexity index is 1020. The first-order chi connectivity index (χ1) is 15.0. The monoisotopic (exact) mass is 426 g/mol. The van der Waals surface area contributed by atoms with E-state index in [1.54, 1.807) is 7.11 Å². The number of hydrogen-bond donors (Lipinski definition) is 4. The first-order valence-electron chi connectivity index (χ1n) is 10.3. The van der Waals surface area contributed by atoms with Crippen LogP contribution in [-0.4, -0.2) is 65.2 Å². The number of nitrogens with zero attached hydrogens (tertiary/aromatic N) is 3. The number of aliphatic carboxylic acids is 1. The summed E-state index contributed by atoms with van der Waals surface area (Å²) >= 11 is 0. The molecule has 0 amide bonds. The molecule has 9 nitrogen and oxygen atoms in total. The number of carboxylic acids is 1. The number of aromatic nitrogens is 3. The Morgan fingerprint density at radius 1 is 1.29 bits per heavy atom. The molecule has 31 heavy (non-hydrogen) atoms. The third-order valence-corrected chi connectivity index (χ3v) is 5.11. The fourth-order valence-electron chi connectivity index (χ4n) is 3.57. The number of hydrogen-bond acceptors (Lipinski definition) is 7. The molecule has 1 aromatic carbocycles. The molecule has 0 bridgehead atoms. The summed E-state index contributed by atoms with van der Waals surface area (Å²) in [6.07, 6.45) is 5.00. The van der Waals surface area contributed by atoms with Crippen molar-refractivity contribution in [1.29, 1.82) is 0 Å². The maximum Gasteiger partial charge on any atom is 0.303 e. The average molecular weight is 427 g/mol. The minimum Gasteiger partial charge on any atom is -0.496 e. The molecule has 0 radical (unpaired) electrons. The van der Waals surface area contributed by atoms with Gasteiger partial charge in [-0.2, -0.15) is 0 Å². The summed E-state index contributed by atoms with van der Waals surface area (Å²) in [5, 5.41) is 16.5. The van der Waals surface area contributed by atoms with Crippen LogP contribution in [0.2, 0.25) is 0 Å². The van der Waals surface area contributed by atoms with Gasteiger partial charge in [0.2, 0.25) is 0 Å². The summed E-state index contributed by atoms with van der Waals surface area (Å²) in [5.74, 6) is 0.540. The number of H-pyrrole nitrogens is 1. The standard InChI is InChI=1S/C22H30N6O3/c1-23-9-4-10-28(2)13-16-12-24-21-20(16)22(26-14-25-21)27-17-6-7-18(31-3)15(11-17)5-8-19(29)30/h6-7,11-12,14,23H,4-5,8-10,13H2,1-3H3,(H,29,30)(H2,24,25,26,27). The maximum atomic E-state index is 11.0. The zero-order valence-electron chi connectivity index (χ0n) is 18.2. The molecule has 4 N–H and O–H groups in total. The predicted octanol–water partition coefficient (Wildman–Crippen LogP) is 2.77. The number of carbonyl (C=O) groups is 1. The lowest BCUT2D eigenvalue weighted by atomic mass is 10.1. The number of methoxy groups -OCH3 is 1. The molecule has 0 aliphatic carbocycles. The lowest BCUT2D eigenvalue weighted by molar-refractivity contribution is -0.136. The minimum absolute atomic E-state index is 0.0411. The fourth-order valence-corrected chi connectivity index (χ4v) is 3.57. The number of fused-ring (bicyclic) bond motifs is 1. The number of anilines is 2. The fraction of sp³-hybridized carbons (Fsp3) is 0.409. The number of aromatic amines is 1. The highest BCUT2D eigenvalue weighted by Crippen LogP contribution is 2.30. The molecule has 0 aliphatic heterocycles. The van der Waals surface area contributed by atoms with Crippen molar-refractivity contribution in [1.82, 2.24) is 25.2 Å². The second-order valence-electron chi connectivity index (χ2n) is 7.50. The van der Waals surface area contributed by atoms with E-state index in [1.807, 2.05) is 31.4 Å². The molecule has 0 spiro atoms. The van der Waals surface area contributed by atoms with Crippen LogP contribution in [0.15, 0.2) is 30.7 Å². The summed E-state index contributed by atoms with van der Waals surface area (Å²) in [6.45, 7) is 2.74. The van der Waals surface area contributed by atoms with Gasteiger partial charge in [0.15, 0.2) is 0 Å². The van der Waals surface area contributed by atoms with Gasteiger partial charge in [-0.3, -0.25) is 4.79 Å². The van der Waals surface area contributed by atoms with Gasteiger partial charge >= 0.3 is 5.97 Å². The summed E-state index contributed by atoms with van der Waals surface area (Å²) < 4.78 is 5.38. The van der Waals surface area contributed by atoms with E-state index in [2.05, 4.69) is 37.5 Å². The quantitative estimate of drug-likeness (QED) is 0.327. The highest BCUT2D eigenvalue weighted by molar-refractivity contribution is 5.92. The van der Waals surface area contributed by atoms with Crippen molar-refractivity contribution in [3.8, 4) is 5.75 Å². The summed E-state index contributed by atoms with van der Waals surface area (Å²) in [5.41, 5.74) is 3.54. The summed E-state index contributed by atoms with van der Waals surface area (Å²) in [6, 6.07) is 5.64. The third kappa shape index (κ3) is 5.93. The van der Waals surface area contributed by atoms with Gasteiger partial charge in [-0.15, -0.1) is 0 Å². The van der Waals surface area contributed by atoms with Crippen molar-refractivity contribution < 1.29 is 14.6 Å². The molecule has 3 aromatic rings. The topological polar surface area (TPSA) is 115 Å². The molecule has 0 unspecified atom stereocenters. The number of benzene rings is 1. The second-order valence-corrected chi connectivity index (χ2v) is 7.50. The van der Waals surface area contributed by atoms with E-state index in [4.69, 9.17) is 9.84 Å².